The van der Waals surface area contributed by atoms with Gasteiger partial charge in [-0.15, -0.1) is 0 Å². The maximum absolute atomic E-state index is 2.63. The van der Waals surface area contributed by atoms with Crippen molar-refractivity contribution < 1.29 is 0 Å². The van der Waals surface area contributed by atoms with Gasteiger partial charge in [0.05, 0.1) is 0 Å². The largest absolute Gasteiger partial charge is 0.372 e. The molecule has 1 aliphatic carbocycles. The van der Waals surface area contributed by atoms with Crippen LogP contribution in [0.15, 0.2) is 121 Å². The molecule has 2 aliphatic heterocycles. The number of hydrogen-bond acceptors (Lipinski definition) is 2. The molecule has 0 spiro atoms. The van der Waals surface area contributed by atoms with Gasteiger partial charge >= 0.3 is 0 Å². The third-order valence-corrected chi connectivity index (χ3v) is 12.4. The van der Waals surface area contributed by atoms with Crippen molar-refractivity contribution in [1.82, 2.24) is 0 Å². The Hall–Kier alpha value is -5.08. The number of fused-ring (bicyclic) bond motifs is 6. The highest BCUT2D eigenvalue weighted by molar-refractivity contribution is 6.23. The van der Waals surface area contributed by atoms with E-state index >= 15 is 0 Å². The molecule has 2 heterocycles. The van der Waals surface area contributed by atoms with Crippen LogP contribution in [0.1, 0.15) is 63.5 Å². The Morgan fingerprint density at radius 2 is 1.00 bits per heavy atom. The summed E-state index contributed by atoms with van der Waals surface area (Å²) in [5.74, 6) is 0. The number of rotatable bonds is 4. The smallest absolute Gasteiger partial charge is 0.0372 e. The molecule has 10 rings (SSSR count). The summed E-state index contributed by atoms with van der Waals surface area (Å²) in [7, 11) is 0. The van der Waals surface area contributed by atoms with Gasteiger partial charge in [-0.25, -0.2) is 0 Å². The first-order valence-electron chi connectivity index (χ1n) is 19.3. The molecule has 0 N–H and O–H groups in total. The summed E-state index contributed by atoms with van der Waals surface area (Å²) < 4.78 is 0. The van der Waals surface area contributed by atoms with E-state index in [0.717, 1.165) is 26.2 Å². The molecule has 0 aromatic heterocycles. The highest BCUT2D eigenvalue weighted by Crippen LogP contribution is 2.55. The summed E-state index contributed by atoms with van der Waals surface area (Å²) in [6.07, 6.45) is 7.73. The Morgan fingerprint density at radius 1 is 0.431 bits per heavy atom. The lowest BCUT2D eigenvalue weighted by Crippen LogP contribution is -2.29. The topological polar surface area (TPSA) is 6.48 Å². The van der Waals surface area contributed by atoms with Crippen LogP contribution in [-0.4, -0.2) is 26.2 Å². The second-order valence-electron chi connectivity index (χ2n) is 15.8. The van der Waals surface area contributed by atoms with Gasteiger partial charge in [-0.05, 0) is 146 Å². The van der Waals surface area contributed by atoms with Crippen LogP contribution in [0, 0.1) is 0 Å². The summed E-state index contributed by atoms with van der Waals surface area (Å²) in [5.41, 5.74) is 13.6. The summed E-state index contributed by atoms with van der Waals surface area (Å²) in [5, 5.41) is 7.98. The van der Waals surface area contributed by atoms with Crippen molar-refractivity contribution in [3.8, 4) is 33.4 Å². The van der Waals surface area contributed by atoms with E-state index in [-0.39, 0.29) is 5.41 Å². The molecule has 0 amide bonds. The second kappa shape index (κ2) is 12.0. The Kier molecular flexibility index (Phi) is 7.24. The van der Waals surface area contributed by atoms with Crippen molar-refractivity contribution in [2.24, 2.45) is 0 Å². The second-order valence-corrected chi connectivity index (χ2v) is 15.8. The Balaban J connectivity index is 1.33. The normalized spacial score (nSPS) is 16.9. The molecule has 0 unspecified atom stereocenters. The zero-order valence-corrected chi connectivity index (χ0v) is 30.0. The highest BCUT2D eigenvalue weighted by atomic mass is 15.1. The summed E-state index contributed by atoms with van der Waals surface area (Å²) in [6.45, 7) is 9.40. The van der Waals surface area contributed by atoms with Crippen LogP contribution in [0.25, 0.3) is 65.7 Å². The van der Waals surface area contributed by atoms with Gasteiger partial charge in [-0.2, -0.15) is 0 Å². The zero-order chi connectivity index (χ0) is 34.1. The first-order valence-corrected chi connectivity index (χ1v) is 19.3. The van der Waals surface area contributed by atoms with Gasteiger partial charge in [0.15, 0.2) is 0 Å². The summed E-state index contributed by atoms with van der Waals surface area (Å²) in [6, 6.07) is 46.9. The van der Waals surface area contributed by atoms with Crippen LogP contribution in [0.2, 0.25) is 0 Å². The van der Waals surface area contributed by atoms with Gasteiger partial charge in [0, 0.05) is 43.0 Å². The van der Waals surface area contributed by atoms with Crippen molar-refractivity contribution >= 4 is 43.7 Å². The van der Waals surface area contributed by atoms with Crippen LogP contribution in [0.3, 0.4) is 0 Å². The van der Waals surface area contributed by atoms with Gasteiger partial charge < -0.3 is 9.80 Å². The van der Waals surface area contributed by atoms with E-state index in [1.807, 2.05) is 0 Å². The van der Waals surface area contributed by atoms with E-state index in [4.69, 9.17) is 0 Å². The van der Waals surface area contributed by atoms with Crippen LogP contribution < -0.4 is 9.80 Å². The monoisotopic (exact) mass is 662 g/mol. The quantitative estimate of drug-likeness (QED) is 0.173. The average Bonchev–Trinajstić information content (AvgIpc) is 3.43. The van der Waals surface area contributed by atoms with E-state index in [1.165, 1.54) is 127 Å². The van der Waals surface area contributed by atoms with E-state index in [1.54, 1.807) is 0 Å². The summed E-state index contributed by atoms with van der Waals surface area (Å²) >= 11 is 0. The van der Waals surface area contributed by atoms with Crippen molar-refractivity contribution in [1.29, 1.82) is 0 Å². The highest BCUT2D eigenvalue weighted by Gasteiger charge is 2.38. The van der Waals surface area contributed by atoms with Gasteiger partial charge in [0.25, 0.3) is 0 Å². The Morgan fingerprint density at radius 3 is 1.71 bits per heavy atom. The van der Waals surface area contributed by atoms with Gasteiger partial charge in [0.1, 0.15) is 0 Å². The number of benzene rings is 7. The molecule has 252 valence electrons. The molecule has 0 atom stereocenters. The van der Waals surface area contributed by atoms with Crippen molar-refractivity contribution in [3.05, 3.63) is 132 Å². The van der Waals surface area contributed by atoms with Crippen LogP contribution in [0.4, 0.5) is 11.4 Å². The molecule has 2 fully saturated rings. The molecule has 2 saturated heterocycles. The third kappa shape index (κ3) is 4.90. The molecular weight excluding hydrogens is 617 g/mol. The molecule has 0 radical (unpaired) electrons. The molecule has 7 aromatic rings. The van der Waals surface area contributed by atoms with Crippen LogP contribution in [-0.2, 0) is 5.41 Å². The maximum atomic E-state index is 2.63. The molecule has 7 aromatic carbocycles. The average molecular weight is 663 g/mol. The minimum atomic E-state index is -0.115. The Labute approximate surface area is 302 Å². The van der Waals surface area contributed by atoms with Gasteiger partial charge in [-0.3, -0.25) is 0 Å². The SMILES string of the molecule is CC1(C)c2ccccc2-c2cccc(-c3c4ccc(N5CCCCC5)cc4c(-c4ccc5ccccc5c4)c4ccc(N5CCCCC5)cc34)c21. The van der Waals surface area contributed by atoms with Crippen LogP contribution in [0.5, 0.6) is 0 Å². The fourth-order valence-electron chi connectivity index (χ4n) is 9.90. The number of nitrogens with zero attached hydrogens (tertiary/aromatic N) is 2. The summed E-state index contributed by atoms with van der Waals surface area (Å²) in [4.78, 5) is 5.25. The number of anilines is 2. The van der Waals surface area contributed by atoms with Gasteiger partial charge in [0.2, 0.25) is 0 Å². The molecule has 0 saturated carbocycles. The van der Waals surface area contributed by atoms with E-state index < -0.39 is 0 Å². The molecule has 2 nitrogen and oxygen atoms in total. The number of piperidine rings is 2. The van der Waals surface area contributed by atoms with Crippen molar-refractivity contribution in [2.45, 2.75) is 57.8 Å². The first-order chi connectivity index (χ1) is 25.1. The lowest BCUT2D eigenvalue weighted by atomic mass is 9.76. The third-order valence-electron chi connectivity index (χ3n) is 12.4. The number of hydrogen-bond donors (Lipinski definition) is 0. The Bertz CT molecular complexity index is 2470. The first kappa shape index (κ1) is 30.7. The standard InChI is InChI=1S/C49H46N2/c1-49(2)45-19-8-7-16-38(45)41-17-13-18-42(48(41)49)47-40-25-23-36(50-26-9-3-10-27-50)31-43(40)46(35-21-20-33-14-5-6-15-34(33)30-35)39-24-22-37(32-44(39)47)51-28-11-4-12-29-51/h5-8,13-25,30-32H,3-4,9-12,26-29H2,1-2H3. The van der Waals surface area contributed by atoms with Gasteiger partial charge in [-0.1, -0.05) is 105 Å². The maximum Gasteiger partial charge on any atom is 0.0372 e. The molecule has 2 heteroatoms. The molecule has 51 heavy (non-hydrogen) atoms. The van der Waals surface area contributed by atoms with E-state index in [9.17, 15) is 0 Å². The fraction of sp³-hybridized carbons (Fsp3) is 0.265. The minimum absolute atomic E-state index is 0.115. The van der Waals surface area contributed by atoms with Crippen molar-refractivity contribution in [3.63, 3.8) is 0 Å². The molecular formula is C49H46N2. The lowest BCUT2D eigenvalue weighted by Gasteiger charge is -2.31. The van der Waals surface area contributed by atoms with E-state index in [0.29, 0.717) is 0 Å². The lowest BCUT2D eigenvalue weighted by molar-refractivity contribution is 0.578. The predicted octanol–water partition coefficient (Wildman–Crippen LogP) is 12.8. The van der Waals surface area contributed by atoms with Crippen LogP contribution >= 0.6 is 0 Å². The minimum Gasteiger partial charge on any atom is -0.372 e. The fourth-order valence-corrected chi connectivity index (χ4v) is 9.90. The molecule has 0 bridgehead atoms. The predicted molar refractivity (Wildman–Crippen MR) is 220 cm³/mol. The zero-order valence-electron chi connectivity index (χ0n) is 30.0. The van der Waals surface area contributed by atoms with E-state index in [2.05, 4.69) is 145 Å². The molecule has 3 aliphatic rings. The van der Waals surface area contributed by atoms with Crippen molar-refractivity contribution in [2.75, 3.05) is 36.0 Å².